The summed E-state index contributed by atoms with van der Waals surface area (Å²) in [4.78, 5) is 12.2. The van der Waals surface area contributed by atoms with Gasteiger partial charge >= 0.3 is 5.97 Å². The molecular weight excluding hydrogens is 396 g/mol. The van der Waals surface area contributed by atoms with Crippen molar-refractivity contribution in [1.29, 1.82) is 0 Å². The van der Waals surface area contributed by atoms with Gasteiger partial charge in [-0.15, -0.1) is 0 Å². The molecule has 0 spiro atoms. The van der Waals surface area contributed by atoms with Crippen molar-refractivity contribution in [2.75, 3.05) is 7.11 Å². The lowest BCUT2D eigenvalue weighted by atomic mass is 10.0. The van der Waals surface area contributed by atoms with Crippen molar-refractivity contribution in [2.24, 2.45) is 0 Å². The summed E-state index contributed by atoms with van der Waals surface area (Å²) in [6, 6.07) is 16.2. The van der Waals surface area contributed by atoms with E-state index in [1.54, 1.807) is 7.11 Å². The Labute approximate surface area is 195 Å². The number of rotatable bonds is 16. The van der Waals surface area contributed by atoms with Crippen molar-refractivity contribution in [1.82, 2.24) is 0 Å². The van der Waals surface area contributed by atoms with Crippen molar-refractivity contribution in [3.05, 3.63) is 54.1 Å². The van der Waals surface area contributed by atoms with E-state index in [0.717, 1.165) is 35.3 Å². The number of hydrogen-bond donors (Lipinski definition) is 0. The lowest BCUT2D eigenvalue weighted by Crippen LogP contribution is -2.08. The van der Waals surface area contributed by atoms with E-state index in [4.69, 9.17) is 9.47 Å². The van der Waals surface area contributed by atoms with Gasteiger partial charge in [-0.1, -0.05) is 108 Å². The smallest absolute Gasteiger partial charge is 0.306 e. The van der Waals surface area contributed by atoms with Crippen LogP contribution in [0.2, 0.25) is 0 Å². The minimum Gasteiger partial charge on any atom is -0.497 e. The zero-order chi connectivity index (χ0) is 23.0. The van der Waals surface area contributed by atoms with E-state index in [2.05, 4.69) is 19.1 Å². The van der Waals surface area contributed by atoms with Crippen LogP contribution in [-0.4, -0.2) is 13.1 Å². The third kappa shape index (κ3) is 9.89. The van der Waals surface area contributed by atoms with Gasteiger partial charge in [-0.3, -0.25) is 4.79 Å². The molecule has 0 bridgehead atoms. The van der Waals surface area contributed by atoms with Crippen molar-refractivity contribution in [2.45, 2.75) is 97.0 Å². The zero-order valence-corrected chi connectivity index (χ0v) is 20.4. The second-order valence-electron chi connectivity index (χ2n) is 8.77. The Bertz CT molecular complexity index is 749. The van der Waals surface area contributed by atoms with Crippen LogP contribution in [0.1, 0.15) is 103 Å². The van der Waals surface area contributed by atoms with Crippen molar-refractivity contribution < 1.29 is 14.3 Å². The summed E-state index contributed by atoms with van der Waals surface area (Å²) >= 11 is 0. The van der Waals surface area contributed by atoms with E-state index in [1.807, 2.05) is 43.3 Å². The Morgan fingerprint density at radius 1 is 0.719 bits per heavy atom. The number of benzene rings is 2. The average Bonchev–Trinajstić information content (AvgIpc) is 2.82. The first-order valence-corrected chi connectivity index (χ1v) is 12.6. The first kappa shape index (κ1) is 26.0. The molecule has 0 saturated carbocycles. The Kier molecular flexibility index (Phi) is 12.6. The molecule has 2 rings (SSSR count). The quantitative estimate of drug-likeness (QED) is 0.194. The molecule has 2 aromatic carbocycles. The van der Waals surface area contributed by atoms with Gasteiger partial charge < -0.3 is 9.47 Å². The van der Waals surface area contributed by atoms with Crippen LogP contribution in [0.3, 0.4) is 0 Å². The molecule has 32 heavy (non-hydrogen) atoms. The van der Waals surface area contributed by atoms with Crippen molar-refractivity contribution in [3.8, 4) is 16.9 Å². The van der Waals surface area contributed by atoms with Crippen LogP contribution in [0.25, 0.3) is 11.1 Å². The summed E-state index contributed by atoms with van der Waals surface area (Å²) in [7, 11) is 1.67. The molecule has 176 valence electrons. The standard InChI is InChI=1S/C29H42O3/c1-4-5-6-7-8-9-10-11-12-13-14-15-29(30)32-24(2)25-16-18-26(19-17-25)27-20-22-28(31-3)23-21-27/h16-24H,4-15H2,1-3H3. The Balaban J connectivity index is 1.60. The molecule has 3 heteroatoms. The van der Waals surface area contributed by atoms with E-state index < -0.39 is 0 Å². The molecule has 0 radical (unpaired) electrons. The first-order chi connectivity index (χ1) is 15.6. The summed E-state index contributed by atoms with van der Waals surface area (Å²) in [5, 5.41) is 0. The van der Waals surface area contributed by atoms with E-state index in [0.29, 0.717) is 6.42 Å². The van der Waals surface area contributed by atoms with Gasteiger partial charge in [0.2, 0.25) is 0 Å². The molecule has 0 amide bonds. The summed E-state index contributed by atoms with van der Waals surface area (Å²) in [6.07, 6.45) is 14.4. The van der Waals surface area contributed by atoms with Gasteiger partial charge in [-0.25, -0.2) is 0 Å². The summed E-state index contributed by atoms with van der Waals surface area (Å²) in [6.45, 7) is 4.21. The number of esters is 1. The van der Waals surface area contributed by atoms with Gasteiger partial charge in [0, 0.05) is 6.42 Å². The van der Waals surface area contributed by atoms with Crippen LogP contribution in [-0.2, 0) is 9.53 Å². The summed E-state index contributed by atoms with van der Waals surface area (Å²) in [5.41, 5.74) is 3.30. The zero-order valence-electron chi connectivity index (χ0n) is 20.4. The predicted molar refractivity (Wildman–Crippen MR) is 134 cm³/mol. The number of hydrogen-bond acceptors (Lipinski definition) is 3. The highest BCUT2D eigenvalue weighted by Gasteiger charge is 2.12. The maximum Gasteiger partial charge on any atom is 0.306 e. The number of carbonyl (C=O) groups excluding carboxylic acids is 1. The van der Waals surface area contributed by atoms with E-state index in [9.17, 15) is 4.79 Å². The van der Waals surface area contributed by atoms with Gasteiger partial charge in [0.15, 0.2) is 0 Å². The maximum absolute atomic E-state index is 12.2. The largest absolute Gasteiger partial charge is 0.497 e. The van der Waals surface area contributed by atoms with Gasteiger partial charge in [0.1, 0.15) is 11.9 Å². The second kappa shape index (κ2) is 15.5. The molecule has 0 fully saturated rings. The van der Waals surface area contributed by atoms with Gasteiger partial charge in [0.25, 0.3) is 0 Å². The van der Waals surface area contributed by atoms with E-state index in [1.165, 1.54) is 57.8 Å². The molecule has 0 saturated heterocycles. The highest BCUT2D eigenvalue weighted by atomic mass is 16.5. The van der Waals surface area contributed by atoms with Crippen LogP contribution >= 0.6 is 0 Å². The maximum atomic E-state index is 12.2. The Morgan fingerprint density at radius 3 is 1.69 bits per heavy atom. The van der Waals surface area contributed by atoms with E-state index >= 15 is 0 Å². The van der Waals surface area contributed by atoms with Crippen LogP contribution in [0.4, 0.5) is 0 Å². The average molecular weight is 439 g/mol. The molecule has 2 aromatic rings. The summed E-state index contributed by atoms with van der Waals surface area (Å²) in [5.74, 6) is 0.761. The fourth-order valence-electron chi connectivity index (χ4n) is 3.99. The number of methoxy groups -OCH3 is 1. The molecule has 0 aliphatic carbocycles. The molecule has 0 aromatic heterocycles. The molecular formula is C29H42O3. The fraction of sp³-hybridized carbons (Fsp3) is 0.552. The predicted octanol–water partition coefficient (Wildman–Crippen LogP) is 8.67. The van der Waals surface area contributed by atoms with Crippen molar-refractivity contribution in [3.63, 3.8) is 0 Å². The third-order valence-electron chi connectivity index (χ3n) is 6.10. The molecule has 0 heterocycles. The van der Waals surface area contributed by atoms with Crippen LogP contribution in [0.15, 0.2) is 48.5 Å². The van der Waals surface area contributed by atoms with Gasteiger partial charge in [0.05, 0.1) is 7.11 Å². The molecule has 1 atom stereocenters. The first-order valence-electron chi connectivity index (χ1n) is 12.6. The number of unbranched alkanes of at least 4 members (excludes halogenated alkanes) is 10. The normalized spacial score (nSPS) is 11.8. The lowest BCUT2D eigenvalue weighted by molar-refractivity contribution is -0.148. The third-order valence-corrected chi connectivity index (χ3v) is 6.10. The molecule has 1 unspecified atom stereocenters. The molecule has 0 aliphatic heterocycles. The van der Waals surface area contributed by atoms with Crippen LogP contribution in [0, 0.1) is 0 Å². The van der Waals surface area contributed by atoms with E-state index in [-0.39, 0.29) is 12.1 Å². The fourth-order valence-corrected chi connectivity index (χ4v) is 3.99. The highest BCUT2D eigenvalue weighted by Crippen LogP contribution is 2.25. The molecule has 0 N–H and O–H groups in total. The van der Waals surface area contributed by atoms with Gasteiger partial charge in [-0.05, 0) is 42.2 Å². The number of carbonyl (C=O) groups is 1. The minimum absolute atomic E-state index is 0.0901. The molecule has 3 nitrogen and oxygen atoms in total. The van der Waals surface area contributed by atoms with Crippen molar-refractivity contribution >= 4 is 5.97 Å². The highest BCUT2D eigenvalue weighted by molar-refractivity contribution is 5.69. The van der Waals surface area contributed by atoms with Crippen LogP contribution in [0.5, 0.6) is 5.75 Å². The summed E-state index contributed by atoms with van der Waals surface area (Å²) < 4.78 is 10.9. The van der Waals surface area contributed by atoms with Gasteiger partial charge in [-0.2, -0.15) is 0 Å². The topological polar surface area (TPSA) is 35.5 Å². The van der Waals surface area contributed by atoms with Crippen LogP contribution < -0.4 is 4.74 Å². The lowest BCUT2D eigenvalue weighted by Gasteiger charge is -2.14. The second-order valence-corrected chi connectivity index (χ2v) is 8.77. The number of ether oxygens (including phenoxy) is 2. The Morgan fingerprint density at radius 2 is 1.19 bits per heavy atom. The SMILES string of the molecule is CCCCCCCCCCCCCC(=O)OC(C)c1ccc(-c2ccc(OC)cc2)cc1. The molecule has 0 aliphatic rings. The Hall–Kier alpha value is -2.29. The minimum atomic E-state index is -0.222. The monoisotopic (exact) mass is 438 g/mol.